The van der Waals surface area contributed by atoms with Gasteiger partial charge in [-0.2, -0.15) is 0 Å². The Morgan fingerprint density at radius 3 is 2.41 bits per heavy atom. The van der Waals surface area contributed by atoms with E-state index in [0.29, 0.717) is 5.75 Å². The highest BCUT2D eigenvalue weighted by molar-refractivity contribution is 6.08. The third-order valence-corrected chi connectivity index (χ3v) is 2.82. The molecule has 6 heteroatoms. The van der Waals surface area contributed by atoms with E-state index in [1.54, 1.807) is 44.4 Å². The summed E-state index contributed by atoms with van der Waals surface area (Å²) in [5, 5.41) is 2.12. The van der Waals surface area contributed by atoms with Crippen LogP contribution in [0.25, 0.3) is 6.08 Å². The summed E-state index contributed by atoms with van der Waals surface area (Å²) >= 11 is 0. The van der Waals surface area contributed by atoms with Crippen LogP contribution in [0.5, 0.6) is 5.75 Å². The first-order chi connectivity index (χ1) is 10.5. The zero-order valence-electron chi connectivity index (χ0n) is 12.8. The lowest BCUT2D eigenvalue weighted by atomic mass is 10.1. The molecule has 118 valence electrons. The molecule has 1 aromatic carbocycles. The Kier molecular flexibility index (Phi) is 6.82. The molecule has 1 aromatic rings. The SMILES string of the molecule is CCOC(=O)C(C)C(=O)NC(=O)C=Cc1ccc(OC)cc1. The van der Waals surface area contributed by atoms with Gasteiger partial charge in [-0.25, -0.2) is 0 Å². The van der Waals surface area contributed by atoms with E-state index in [9.17, 15) is 14.4 Å². The van der Waals surface area contributed by atoms with Gasteiger partial charge in [-0.05, 0) is 37.6 Å². The normalized spacial score (nSPS) is 11.8. The Balaban J connectivity index is 2.55. The van der Waals surface area contributed by atoms with Crippen LogP contribution in [0, 0.1) is 5.92 Å². The topological polar surface area (TPSA) is 81.7 Å². The second-order valence-electron chi connectivity index (χ2n) is 4.43. The van der Waals surface area contributed by atoms with Crippen LogP contribution in [0.3, 0.4) is 0 Å². The van der Waals surface area contributed by atoms with E-state index in [1.165, 1.54) is 13.0 Å². The molecule has 6 nitrogen and oxygen atoms in total. The summed E-state index contributed by atoms with van der Waals surface area (Å²) in [5.41, 5.74) is 0.779. The average molecular weight is 305 g/mol. The summed E-state index contributed by atoms with van der Waals surface area (Å²) in [5.74, 6) is -2.27. The number of benzene rings is 1. The second kappa shape index (κ2) is 8.61. The van der Waals surface area contributed by atoms with Gasteiger partial charge >= 0.3 is 5.97 Å². The smallest absolute Gasteiger partial charge is 0.318 e. The van der Waals surface area contributed by atoms with Gasteiger partial charge in [-0.3, -0.25) is 19.7 Å². The van der Waals surface area contributed by atoms with Crippen LogP contribution in [0.1, 0.15) is 19.4 Å². The Hall–Kier alpha value is -2.63. The van der Waals surface area contributed by atoms with Gasteiger partial charge in [-0.15, -0.1) is 0 Å². The van der Waals surface area contributed by atoms with E-state index < -0.39 is 23.7 Å². The third kappa shape index (κ3) is 5.40. The van der Waals surface area contributed by atoms with Gasteiger partial charge in [0.05, 0.1) is 13.7 Å². The Morgan fingerprint density at radius 1 is 1.23 bits per heavy atom. The molecule has 1 rings (SSSR count). The number of carbonyl (C=O) groups excluding carboxylic acids is 3. The minimum Gasteiger partial charge on any atom is -0.497 e. The number of esters is 1. The minimum absolute atomic E-state index is 0.182. The van der Waals surface area contributed by atoms with Gasteiger partial charge in [0.15, 0.2) is 0 Å². The van der Waals surface area contributed by atoms with Crippen molar-refractivity contribution >= 4 is 23.9 Å². The molecule has 0 saturated carbocycles. The molecular weight excluding hydrogens is 286 g/mol. The lowest BCUT2D eigenvalue weighted by Gasteiger charge is -2.09. The molecule has 0 bridgehead atoms. The van der Waals surface area contributed by atoms with Gasteiger partial charge in [0.1, 0.15) is 11.7 Å². The molecule has 0 spiro atoms. The van der Waals surface area contributed by atoms with Crippen LogP contribution in [0.15, 0.2) is 30.3 Å². The molecule has 0 aliphatic carbocycles. The Bertz CT molecular complexity index is 562. The van der Waals surface area contributed by atoms with E-state index in [-0.39, 0.29) is 6.61 Å². The third-order valence-electron chi connectivity index (χ3n) is 2.82. The monoisotopic (exact) mass is 305 g/mol. The zero-order chi connectivity index (χ0) is 16.5. The van der Waals surface area contributed by atoms with Crippen molar-refractivity contribution in [2.75, 3.05) is 13.7 Å². The van der Waals surface area contributed by atoms with Crippen LogP contribution in [0.4, 0.5) is 0 Å². The van der Waals surface area contributed by atoms with Gasteiger partial charge in [0, 0.05) is 6.08 Å². The summed E-state index contributed by atoms with van der Waals surface area (Å²) in [6.45, 7) is 3.21. The quantitative estimate of drug-likeness (QED) is 0.490. The van der Waals surface area contributed by atoms with Crippen LogP contribution < -0.4 is 10.1 Å². The average Bonchev–Trinajstić information content (AvgIpc) is 2.52. The van der Waals surface area contributed by atoms with Gasteiger partial charge in [0.2, 0.25) is 5.91 Å². The number of nitrogens with one attached hydrogen (secondary N) is 1. The highest BCUT2D eigenvalue weighted by Crippen LogP contribution is 2.12. The lowest BCUT2D eigenvalue weighted by molar-refractivity contribution is -0.151. The molecule has 0 heterocycles. The number of hydrogen-bond donors (Lipinski definition) is 1. The second-order valence-corrected chi connectivity index (χ2v) is 4.43. The fourth-order valence-electron chi connectivity index (χ4n) is 1.53. The Morgan fingerprint density at radius 2 is 1.86 bits per heavy atom. The van der Waals surface area contributed by atoms with Crippen molar-refractivity contribution in [3.05, 3.63) is 35.9 Å². The van der Waals surface area contributed by atoms with E-state index >= 15 is 0 Å². The maximum absolute atomic E-state index is 11.7. The Labute approximate surface area is 129 Å². The standard InChI is InChI=1S/C16H19NO5/c1-4-22-16(20)11(2)15(19)17-14(18)10-7-12-5-8-13(21-3)9-6-12/h5-11H,4H2,1-3H3,(H,17,18,19). The van der Waals surface area contributed by atoms with E-state index in [1.807, 2.05) is 0 Å². The van der Waals surface area contributed by atoms with E-state index in [0.717, 1.165) is 5.56 Å². The van der Waals surface area contributed by atoms with Gasteiger partial charge in [-0.1, -0.05) is 12.1 Å². The summed E-state index contributed by atoms with van der Waals surface area (Å²) in [4.78, 5) is 34.7. The maximum Gasteiger partial charge on any atom is 0.318 e. The molecule has 1 N–H and O–H groups in total. The highest BCUT2D eigenvalue weighted by Gasteiger charge is 2.23. The molecule has 0 radical (unpaired) electrons. The van der Waals surface area contributed by atoms with Crippen LogP contribution in [-0.4, -0.2) is 31.5 Å². The van der Waals surface area contributed by atoms with Crippen molar-refractivity contribution in [2.45, 2.75) is 13.8 Å². The number of carbonyl (C=O) groups is 3. The first-order valence-corrected chi connectivity index (χ1v) is 6.81. The fraction of sp³-hybridized carbons (Fsp3) is 0.312. The number of hydrogen-bond acceptors (Lipinski definition) is 5. The summed E-state index contributed by atoms with van der Waals surface area (Å²) < 4.78 is 9.74. The van der Waals surface area contributed by atoms with Crippen molar-refractivity contribution in [2.24, 2.45) is 5.92 Å². The van der Waals surface area contributed by atoms with Crippen molar-refractivity contribution in [3.8, 4) is 5.75 Å². The molecule has 0 fully saturated rings. The molecule has 1 atom stereocenters. The van der Waals surface area contributed by atoms with Crippen molar-refractivity contribution in [3.63, 3.8) is 0 Å². The molecule has 0 aliphatic heterocycles. The number of methoxy groups -OCH3 is 1. The minimum atomic E-state index is -1.03. The van der Waals surface area contributed by atoms with Crippen LogP contribution >= 0.6 is 0 Å². The molecule has 0 aliphatic rings. The number of ether oxygens (including phenoxy) is 2. The molecule has 22 heavy (non-hydrogen) atoms. The molecule has 0 saturated heterocycles. The molecule has 1 unspecified atom stereocenters. The maximum atomic E-state index is 11.7. The van der Waals surface area contributed by atoms with Crippen molar-refractivity contribution in [1.29, 1.82) is 0 Å². The predicted molar refractivity (Wildman–Crippen MR) is 81.0 cm³/mol. The molecular formula is C16H19NO5. The summed E-state index contributed by atoms with van der Waals surface area (Å²) in [6, 6.07) is 7.05. The number of amides is 2. The molecule has 0 aromatic heterocycles. The predicted octanol–water partition coefficient (Wildman–Crippen LogP) is 1.55. The number of rotatable bonds is 6. The van der Waals surface area contributed by atoms with Gasteiger partial charge in [0.25, 0.3) is 5.91 Å². The molecule has 2 amide bonds. The lowest BCUT2D eigenvalue weighted by Crippen LogP contribution is -2.37. The van der Waals surface area contributed by atoms with Crippen LogP contribution in [-0.2, 0) is 19.1 Å². The van der Waals surface area contributed by atoms with E-state index in [2.05, 4.69) is 5.32 Å². The largest absolute Gasteiger partial charge is 0.497 e. The zero-order valence-corrected chi connectivity index (χ0v) is 12.8. The first kappa shape index (κ1) is 17.4. The first-order valence-electron chi connectivity index (χ1n) is 6.81. The number of imide groups is 1. The fourth-order valence-corrected chi connectivity index (χ4v) is 1.53. The summed E-state index contributed by atoms with van der Waals surface area (Å²) in [6.07, 6.45) is 2.77. The van der Waals surface area contributed by atoms with E-state index in [4.69, 9.17) is 9.47 Å². The van der Waals surface area contributed by atoms with Crippen molar-refractivity contribution in [1.82, 2.24) is 5.32 Å². The highest BCUT2D eigenvalue weighted by atomic mass is 16.5. The van der Waals surface area contributed by atoms with Crippen molar-refractivity contribution < 1.29 is 23.9 Å². The summed E-state index contributed by atoms with van der Waals surface area (Å²) in [7, 11) is 1.56. The van der Waals surface area contributed by atoms with Crippen LogP contribution in [0.2, 0.25) is 0 Å². The van der Waals surface area contributed by atoms with Gasteiger partial charge < -0.3 is 9.47 Å².